The molecule has 5 nitrogen and oxygen atoms in total. The molecule has 0 heterocycles. The third-order valence-electron chi connectivity index (χ3n) is 0.790. The van der Waals surface area contributed by atoms with Gasteiger partial charge in [-0.1, -0.05) is 13.0 Å². The van der Waals surface area contributed by atoms with Crippen molar-refractivity contribution >= 4 is 7.82 Å². The van der Waals surface area contributed by atoms with Crippen LogP contribution in [0.3, 0.4) is 0 Å². The summed E-state index contributed by atoms with van der Waals surface area (Å²) in [5.41, 5.74) is 0. The molecule has 1 N–H and O–H groups in total. The fraction of sp³-hybridized carbons (Fsp3) is 0.667. The van der Waals surface area contributed by atoms with Gasteiger partial charge in [0.1, 0.15) is 0 Å². The third kappa shape index (κ3) is 6.52. The monoisotopic (exact) mass is 196 g/mol. The van der Waals surface area contributed by atoms with Crippen LogP contribution in [-0.4, -0.2) is 18.1 Å². The van der Waals surface area contributed by atoms with Crippen molar-refractivity contribution in [2.75, 3.05) is 13.2 Å². The Labute approximate surface area is 71.5 Å². The van der Waals surface area contributed by atoms with E-state index in [4.69, 9.17) is 4.89 Å². The predicted molar refractivity (Wildman–Crippen MR) is 43.3 cm³/mol. The van der Waals surface area contributed by atoms with E-state index < -0.39 is 7.82 Å². The zero-order valence-electron chi connectivity index (χ0n) is 6.93. The second-order valence-electron chi connectivity index (χ2n) is 1.95. The van der Waals surface area contributed by atoms with E-state index in [1.54, 1.807) is 0 Å². The summed E-state index contributed by atoms with van der Waals surface area (Å²) in [6.45, 7) is 5.35. The van der Waals surface area contributed by atoms with Gasteiger partial charge in [-0.2, -0.15) is 0 Å². The Kier molecular flexibility index (Phi) is 6.24. The Morgan fingerprint density at radius 1 is 1.67 bits per heavy atom. The zero-order valence-corrected chi connectivity index (χ0v) is 7.83. The first kappa shape index (κ1) is 11.8. The lowest BCUT2D eigenvalue weighted by molar-refractivity contribution is -0.223. The lowest BCUT2D eigenvalue weighted by Crippen LogP contribution is -1.97. The normalized spacial score (nSPS) is 15.5. The first-order valence-corrected chi connectivity index (χ1v) is 5.01. The molecule has 0 radical (unpaired) electrons. The topological polar surface area (TPSA) is 65.0 Å². The molecule has 0 aromatic rings. The molecule has 6 heteroatoms. The van der Waals surface area contributed by atoms with Crippen LogP contribution in [0.15, 0.2) is 12.7 Å². The van der Waals surface area contributed by atoms with Gasteiger partial charge >= 0.3 is 7.82 Å². The molecule has 0 aliphatic carbocycles. The number of phosphoric ester groups is 1. The molecule has 0 aromatic heterocycles. The van der Waals surface area contributed by atoms with Gasteiger partial charge in [-0.15, -0.1) is 11.3 Å². The van der Waals surface area contributed by atoms with Gasteiger partial charge in [0.05, 0.1) is 13.2 Å². The minimum absolute atomic E-state index is 0.0523. The molecule has 12 heavy (non-hydrogen) atoms. The van der Waals surface area contributed by atoms with E-state index in [9.17, 15) is 4.57 Å². The Morgan fingerprint density at radius 2 is 2.33 bits per heavy atom. The molecule has 0 aliphatic heterocycles. The largest absolute Gasteiger partial charge is 0.499 e. The van der Waals surface area contributed by atoms with Crippen LogP contribution >= 0.6 is 7.82 Å². The molecule has 72 valence electrons. The predicted octanol–water partition coefficient (Wildman–Crippen LogP) is 1.65. The molecule has 0 bridgehead atoms. The van der Waals surface area contributed by atoms with E-state index in [1.165, 1.54) is 6.08 Å². The van der Waals surface area contributed by atoms with E-state index >= 15 is 0 Å². The molecule has 0 saturated heterocycles. The summed E-state index contributed by atoms with van der Waals surface area (Å²) in [4.78, 5) is 13.2. The van der Waals surface area contributed by atoms with Crippen molar-refractivity contribution in [2.24, 2.45) is 0 Å². The molecule has 1 unspecified atom stereocenters. The average molecular weight is 196 g/mol. The maximum Gasteiger partial charge on any atom is 0.499 e. The molecular weight excluding hydrogens is 183 g/mol. The lowest BCUT2D eigenvalue weighted by Gasteiger charge is -2.08. The van der Waals surface area contributed by atoms with Gasteiger partial charge in [0.15, 0.2) is 0 Å². The SMILES string of the molecule is C=CCOP(=O)(O)OOCCC. The van der Waals surface area contributed by atoms with Gasteiger partial charge in [0, 0.05) is 0 Å². The van der Waals surface area contributed by atoms with Crippen molar-refractivity contribution in [3.63, 3.8) is 0 Å². The molecule has 1 atom stereocenters. The number of phosphoric acid groups is 1. The van der Waals surface area contributed by atoms with Gasteiger partial charge in [0.25, 0.3) is 0 Å². The molecule has 0 rings (SSSR count). The maximum absolute atomic E-state index is 10.8. The minimum Gasteiger partial charge on any atom is -0.301 e. The summed E-state index contributed by atoms with van der Waals surface area (Å²) >= 11 is 0. The highest BCUT2D eigenvalue weighted by Crippen LogP contribution is 2.43. The van der Waals surface area contributed by atoms with Gasteiger partial charge in [0.2, 0.25) is 0 Å². The molecule has 0 aliphatic rings. The van der Waals surface area contributed by atoms with Crippen molar-refractivity contribution in [1.29, 1.82) is 0 Å². The fourth-order valence-electron chi connectivity index (χ4n) is 0.356. The maximum atomic E-state index is 10.8. The van der Waals surface area contributed by atoms with Gasteiger partial charge in [-0.3, -0.25) is 4.52 Å². The van der Waals surface area contributed by atoms with Gasteiger partial charge in [-0.25, -0.2) is 9.45 Å². The Bertz CT molecular complexity index is 169. The van der Waals surface area contributed by atoms with Crippen LogP contribution in [0.25, 0.3) is 0 Å². The van der Waals surface area contributed by atoms with Crippen molar-refractivity contribution in [2.45, 2.75) is 13.3 Å². The van der Waals surface area contributed by atoms with Crippen LogP contribution in [-0.2, 0) is 18.7 Å². The Morgan fingerprint density at radius 3 is 2.83 bits per heavy atom. The average Bonchev–Trinajstić information content (AvgIpc) is 2.01. The highest BCUT2D eigenvalue weighted by molar-refractivity contribution is 7.47. The Hall–Kier alpha value is -0.190. The van der Waals surface area contributed by atoms with Crippen LogP contribution in [0.4, 0.5) is 0 Å². The molecule has 0 spiro atoms. The van der Waals surface area contributed by atoms with Crippen LogP contribution < -0.4 is 0 Å². The third-order valence-corrected chi connectivity index (χ3v) is 1.56. The smallest absolute Gasteiger partial charge is 0.301 e. The number of rotatable bonds is 7. The number of hydrogen-bond acceptors (Lipinski definition) is 4. The molecule has 0 amide bonds. The van der Waals surface area contributed by atoms with Crippen LogP contribution in [0.1, 0.15) is 13.3 Å². The standard InChI is InChI=1S/C6H13O5P/c1-3-5-9-11-12(7,8)10-6-4-2/h4H,2-3,5-6H2,1H3,(H,7,8). The van der Waals surface area contributed by atoms with Gasteiger partial charge in [-0.05, 0) is 6.42 Å². The van der Waals surface area contributed by atoms with Crippen molar-refractivity contribution in [3.8, 4) is 0 Å². The highest BCUT2D eigenvalue weighted by atomic mass is 31.2. The second kappa shape index (κ2) is 6.34. The first-order chi connectivity index (χ1) is 5.62. The van der Waals surface area contributed by atoms with Crippen molar-refractivity contribution in [1.82, 2.24) is 0 Å². The first-order valence-electron chi connectivity index (χ1n) is 3.52. The van der Waals surface area contributed by atoms with Crippen LogP contribution in [0.2, 0.25) is 0 Å². The van der Waals surface area contributed by atoms with Crippen molar-refractivity contribution in [3.05, 3.63) is 12.7 Å². The molecular formula is C6H13O5P. The highest BCUT2D eigenvalue weighted by Gasteiger charge is 2.21. The summed E-state index contributed by atoms with van der Waals surface area (Å²) in [7, 11) is -4.03. The summed E-state index contributed by atoms with van der Waals surface area (Å²) in [6.07, 6.45) is 2.04. The summed E-state index contributed by atoms with van der Waals surface area (Å²) in [6, 6.07) is 0. The second-order valence-corrected chi connectivity index (χ2v) is 3.29. The lowest BCUT2D eigenvalue weighted by atomic mass is 10.5. The molecule has 0 saturated carbocycles. The van der Waals surface area contributed by atoms with Crippen LogP contribution in [0.5, 0.6) is 0 Å². The van der Waals surface area contributed by atoms with E-state index in [1.807, 2.05) is 6.92 Å². The van der Waals surface area contributed by atoms with E-state index in [-0.39, 0.29) is 13.2 Å². The fourth-order valence-corrected chi connectivity index (χ4v) is 0.900. The van der Waals surface area contributed by atoms with Crippen LogP contribution in [0, 0.1) is 0 Å². The molecule has 0 fully saturated rings. The van der Waals surface area contributed by atoms with Crippen molar-refractivity contribution < 1.29 is 23.5 Å². The van der Waals surface area contributed by atoms with E-state index in [2.05, 4.69) is 20.7 Å². The summed E-state index contributed by atoms with van der Waals surface area (Å²) in [5.74, 6) is 0. The van der Waals surface area contributed by atoms with Gasteiger partial charge < -0.3 is 4.89 Å². The quantitative estimate of drug-likeness (QED) is 0.220. The Balaban J connectivity index is 3.56. The van der Waals surface area contributed by atoms with E-state index in [0.29, 0.717) is 6.42 Å². The number of hydrogen-bond donors (Lipinski definition) is 1. The zero-order chi connectivity index (χ0) is 9.45. The minimum atomic E-state index is -4.03. The van der Waals surface area contributed by atoms with E-state index in [0.717, 1.165) is 0 Å². The molecule has 0 aromatic carbocycles. The summed E-state index contributed by atoms with van der Waals surface area (Å²) < 4.78 is 19.3. The summed E-state index contributed by atoms with van der Waals surface area (Å²) in [5, 5.41) is 0.